The lowest BCUT2D eigenvalue weighted by atomic mass is 9.90. The molecule has 6 aromatic carbocycles. The fraction of sp³-hybridized carbons (Fsp3) is 0. The highest BCUT2D eigenvalue weighted by Crippen LogP contribution is 2.37. The van der Waals surface area contributed by atoms with E-state index in [4.69, 9.17) is 0 Å². The van der Waals surface area contributed by atoms with Gasteiger partial charge in [0.2, 0.25) is 0 Å². The van der Waals surface area contributed by atoms with E-state index in [-0.39, 0.29) is 0 Å². The summed E-state index contributed by atoms with van der Waals surface area (Å²) in [7, 11) is 0. The summed E-state index contributed by atoms with van der Waals surface area (Å²) < 4.78 is 0. The summed E-state index contributed by atoms with van der Waals surface area (Å²) in [5.74, 6) is 0. The molecule has 0 aliphatic carbocycles. The second-order valence-corrected chi connectivity index (χ2v) is 7.80. The quantitative estimate of drug-likeness (QED) is 0.264. The van der Waals surface area contributed by atoms with Crippen molar-refractivity contribution in [1.29, 1.82) is 0 Å². The van der Waals surface area contributed by atoms with Gasteiger partial charge < -0.3 is 0 Å². The molecule has 30 heavy (non-hydrogen) atoms. The fourth-order valence-corrected chi connectivity index (χ4v) is 4.62. The lowest BCUT2D eigenvalue weighted by molar-refractivity contribution is 1.64. The van der Waals surface area contributed by atoms with E-state index in [1.54, 1.807) is 0 Å². The van der Waals surface area contributed by atoms with Crippen LogP contribution >= 0.6 is 0 Å². The zero-order valence-corrected chi connectivity index (χ0v) is 16.5. The molecular formula is C30H20. The Balaban J connectivity index is 1.57. The van der Waals surface area contributed by atoms with Crippen LogP contribution in [-0.4, -0.2) is 0 Å². The normalized spacial score (nSPS) is 11.3. The third-order valence-corrected chi connectivity index (χ3v) is 6.05. The number of hydrogen-bond acceptors (Lipinski definition) is 0. The van der Waals surface area contributed by atoms with Gasteiger partial charge in [0.25, 0.3) is 0 Å². The minimum Gasteiger partial charge on any atom is -0.0616 e. The lowest BCUT2D eigenvalue weighted by Gasteiger charge is -2.13. The van der Waals surface area contributed by atoms with Gasteiger partial charge in [-0.3, -0.25) is 0 Å². The molecule has 0 fully saturated rings. The second kappa shape index (κ2) is 6.86. The first-order valence-corrected chi connectivity index (χ1v) is 10.4. The topological polar surface area (TPSA) is 0 Å². The van der Waals surface area contributed by atoms with E-state index in [0.717, 1.165) is 0 Å². The molecule has 6 aromatic rings. The molecule has 0 heterocycles. The molecule has 6 rings (SSSR count). The number of hydrogen-bond donors (Lipinski definition) is 0. The number of fused-ring (bicyclic) bond motifs is 3. The van der Waals surface area contributed by atoms with Gasteiger partial charge in [0, 0.05) is 0 Å². The fourth-order valence-electron chi connectivity index (χ4n) is 4.62. The molecule has 0 aromatic heterocycles. The second-order valence-electron chi connectivity index (χ2n) is 7.80. The average Bonchev–Trinajstić information content (AvgIpc) is 2.82. The molecule has 0 radical (unpaired) electrons. The van der Waals surface area contributed by atoms with Crippen LogP contribution in [0.25, 0.3) is 54.6 Å². The third-order valence-electron chi connectivity index (χ3n) is 6.05. The Morgan fingerprint density at radius 2 is 0.833 bits per heavy atom. The molecular weight excluding hydrogens is 360 g/mol. The molecule has 140 valence electrons. The zero-order chi connectivity index (χ0) is 19.9. The monoisotopic (exact) mass is 380 g/mol. The van der Waals surface area contributed by atoms with Gasteiger partial charge in [-0.1, -0.05) is 115 Å². The maximum atomic E-state index is 2.29. The summed E-state index contributed by atoms with van der Waals surface area (Å²) in [5, 5.41) is 7.74. The molecule has 0 saturated carbocycles. The Kier molecular flexibility index (Phi) is 3.89. The van der Waals surface area contributed by atoms with Crippen LogP contribution < -0.4 is 0 Å². The van der Waals surface area contributed by atoms with Crippen LogP contribution in [0, 0.1) is 0 Å². The molecule has 0 atom stereocenters. The van der Waals surface area contributed by atoms with Crippen LogP contribution in [0.1, 0.15) is 0 Å². The van der Waals surface area contributed by atoms with Crippen LogP contribution in [0.2, 0.25) is 0 Å². The van der Waals surface area contributed by atoms with Gasteiger partial charge in [-0.2, -0.15) is 0 Å². The van der Waals surface area contributed by atoms with Crippen molar-refractivity contribution in [3.63, 3.8) is 0 Å². The van der Waals surface area contributed by atoms with E-state index in [9.17, 15) is 0 Å². The average molecular weight is 380 g/mol. The van der Waals surface area contributed by atoms with E-state index < -0.39 is 0 Å². The first kappa shape index (κ1) is 17.0. The van der Waals surface area contributed by atoms with E-state index >= 15 is 0 Å². The molecule has 0 aliphatic rings. The minimum atomic E-state index is 1.25. The van der Waals surface area contributed by atoms with Gasteiger partial charge in [-0.25, -0.2) is 0 Å². The van der Waals surface area contributed by atoms with Crippen molar-refractivity contribution in [2.24, 2.45) is 0 Å². The Hall–Kier alpha value is -3.90. The predicted molar refractivity (Wildman–Crippen MR) is 130 cm³/mol. The summed E-state index contributed by atoms with van der Waals surface area (Å²) in [6, 6.07) is 43.8. The third kappa shape index (κ3) is 2.69. The number of benzene rings is 6. The minimum absolute atomic E-state index is 1.25. The van der Waals surface area contributed by atoms with Crippen molar-refractivity contribution in [2.75, 3.05) is 0 Å². The van der Waals surface area contributed by atoms with Crippen LogP contribution in [0.3, 0.4) is 0 Å². The van der Waals surface area contributed by atoms with Crippen LogP contribution in [0.5, 0.6) is 0 Å². The van der Waals surface area contributed by atoms with Gasteiger partial charge in [0.15, 0.2) is 0 Å². The Bertz CT molecular complexity index is 1460. The Labute approximate surface area is 176 Å². The smallest absolute Gasteiger partial charge is 0.00268 e. The molecule has 0 nitrogen and oxygen atoms in total. The molecule has 0 unspecified atom stereocenters. The summed E-state index contributed by atoms with van der Waals surface area (Å²) in [6.07, 6.45) is 0. The van der Waals surface area contributed by atoms with Crippen molar-refractivity contribution in [1.82, 2.24) is 0 Å². The van der Waals surface area contributed by atoms with Gasteiger partial charge >= 0.3 is 0 Å². The Morgan fingerprint density at radius 1 is 0.333 bits per heavy atom. The molecule has 0 N–H and O–H groups in total. The molecule has 0 bridgehead atoms. The highest BCUT2D eigenvalue weighted by molar-refractivity contribution is 6.12. The standard InChI is InChI=1S/C30H20/c1-4-12-26-21(8-1)11-7-15-27(26)22-16-18-23(19-17-22)30-28-13-5-2-9-24(28)20-25-10-3-6-14-29(25)30/h1-20H. The SMILES string of the molecule is c1ccc2c(-c3ccc(-c4c5ccccc5cc5ccccc45)cc3)cccc2c1. The first-order chi connectivity index (χ1) is 14.9. The van der Waals surface area contributed by atoms with Crippen molar-refractivity contribution in [2.45, 2.75) is 0 Å². The van der Waals surface area contributed by atoms with Crippen molar-refractivity contribution in [3.05, 3.63) is 121 Å². The van der Waals surface area contributed by atoms with E-state index in [2.05, 4.69) is 121 Å². The molecule has 0 heteroatoms. The maximum Gasteiger partial charge on any atom is -0.00268 e. The molecule has 0 aliphatic heterocycles. The molecule has 0 spiro atoms. The van der Waals surface area contributed by atoms with E-state index in [0.29, 0.717) is 0 Å². The predicted octanol–water partition coefficient (Wildman–Crippen LogP) is 8.48. The summed E-state index contributed by atoms with van der Waals surface area (Å²) in [6.45, 7) is 0. The van der Waals surface area contributed by atoms with Crippen LogP contribution in [0.15, 0.2) is 121 Å². The van der Waals surface area contributed by atoms with Gasteiger partial charge in [0.1, 0.15) is 0 Å². The Morgan fingerprint density at radius 3 is 1.50 bits per heavy atom. The number of rotatable bonds is 2. The highest BCUT2D eigenvalue weighted by atomic mass is 14.1. The van der Waals surface area contributed by atoms with Gasteiger partial charge in [-0.05, 0) is 60.6 Å². The van der Waals surface area contributed by atoms with E-state index in [1.807, 2.05) is 0 Å². The summed E-state index contributed by atoms with van der Waals surface area (Å²) in [5.41, 5.74) is 5.10. The van der Waals surface area contributed by atoms with Crippen LogP contribution in [0.4, 0.5) is 0 Å². The first-order valence-electron chi connectivity index (χ1n) is 10.4. The van der Waals surface area contributed by atoms with E-state index in [1.165, 1.54) is 54.6 Å². The zero-order valence-electron chi connectivity index (χ0n) is 16.5. The van der Waals surface area contributed by atoms with Crippen LogP contribution in [-0.2, 0) is 0 Å². The van der Waals surface area contributed by atoms with Crippen molar-refractivity contribution in [3.8, 4) is 22.3 Å². The van der Waals surface area contributed by atoms with Gasteiger partial charge in [0.05, 0.1) is 0 Å². The lowest BCUT2D eigenvalue weighted by Crippen LogP contribution is -1.86. The molecule has 0 saturated heterocycles. The maximum absolute atomic E-state index is 2.29. The van der Waals surface area contributed by atoms with Crippen molar-refractivity contribution >= 4 is 32.3 Å². The summed E-state index contributed by atoms with van der Waals surface area (Å²) >= 11 is 0. The highest BCUT2D eigenvalue weighted by Gasteiger charge is 2.10. The van der Waals surface area contributed by atoms with Crippen molar-refractivity contribution < 1.29 is 0 Å². The molecule has 0 amide bonds. The summed E-state index contributed by atoms with van der Waals surface area (Å²) in [4.78, 5) is 0. The van der Waals surface area contributed by atoms with Gasteiger partial charge in [-0.15, -0.1) is 0 Å². The largest absolute Gasteiger partial charge is 0.0616 e.